The van der Waals surface area contributed by atoms with Crippen LogP contribution >= 0.6 is 11.6 Å². The predicted molar refractivity (Wildman–Crippen MR) is 112 cm³/mol. The number of pyridine rings is 1. The third kappa shape index (κ3) is 3.38. The second kappa shape index (κ2) is 7.53. The van der Waals surface area contributed by atoms with Gasteiger partial charge in [-0.15, -0.1) is 0 Å². The number of hydrogen-bond donors (Lipinski definition) is 1. The smallest absolute Gasteiger partial charge is 0.259 e. The van der Waals surface area contributed by atoms with Crippen LogP contribution in [0.4, 0.5) is 5.95 Å². The summed E-state index contributed by atoms with van der Waals surface area (Å²) in [5.74, 6) is 0.592. The Hall–Kier alpha value is -2.44. The first-order valence-electron chi connectivity index (χ1n) is 9.48. The molecule has 0 unspecified atom stereocenters. The van der Waals surface area contributed by atoms with Gasteiger partial charge in [0, 0.05) is 47.9 Å². The van der Waals surface area contributed by atoms with E-state index < -0.39 is 0 Å². The molecule has 7 heteroatoms. The average molecular weight is 399 g/mol. The fraction of sp³-hybridized carbons (Fsp3) is 0.381. The second-order valence-electron chi connectivity index (χ2n) is 7.42. The third-order valence-electron chi connectivity index (χ3n) is 5.63. The van der Waals surface area contributed by atoms with Crippen LogP contribution in [0.15, 0.2) is 41.3 Å². The number of aliphatic hydroxyl groups excluding tert-OH is 1. The zero-order valence-corrected chi connectivity index (χ0v) is 16.7. The molecule has 28 heavy (non-hydrogen) atoms. The normalized spacial score (nSPS) is 19.7. The molecule has 1 aliphatic rings. The highest BCUT2D eigenvalue weighted by Gasteiger charge is 2.24. The van der Waals surface area contributed by atoms with E-state index in [0.717, 1.165) is 31.1 Å². The van der Waals surface area contributed by atoms with Gasteiger partial charge in [0.2, 0.25) is 5.95 Å². The molecule has 2 heterocycles. The Kier molecular flexibility index (Phi) is 5.08. The Morgan fingerprint density at radius 2 is 1.89 bits per heavy atom. The number of anilines is 1. The monoisotopic (exact) mass is 398 g/mol. The molecule has 1 saturated carbocycles. The van der Waals surface area contributed by atoms with Gasteiger partial charge in [0.15, 0.2) is 0 Å². The first-order chi connectivity index (χ1) is 13.5. The van der Waals surface area contributed by atoms with Crippen LogP contribution in [-0.2, 0) is 7.05 Å². The molecule has 0 saturated heterocycles. The maximum Gasteiger partial charge on any atom is 0.259 e. The summed E-state index contributed by atoms with van der Waals surface area (Å²) in [4.78, 5) is 24.2. The summed E-state index contributed by atoms with van der Waals surface area (Å²) in [6.45, 7) is 0. The summed E-state index contributed by atoms with van der Waals surface area (Å²) in [6.07, 6.45) is 4.95. The van der Waals surface area contributed by atoms with Crippen LogP contribution in [-0.4, -0.2) is 38.8 Å². The number of benzene rings is 1. The van der Waals surface area contributed by atoms with Crippen molar-refractivity contribution in [3.63, 3.8) is 0 Å². The molecular formula is C21H23ClN4O2. The van der Waals surface area contributed by atoms with E-state index in [1.165, 1.54) is 0 Å². The molecule has 1 fully saturated rings. The first-order valence-corrected chi connectivity index (χ1v) is 9.86. The zero-order valence-electron chi connectivity index (χ0n) is 16.0. The first kappa shape index (κ1) is 18.9. The molecule has 0 aliphatic heterocycles. The summed E-state index contributed by atoms with van der Waals surface area (Å²) >= 11 is 6.29. The van der Waals surface area contributed by atoms with Crippen molar-refractivity contribution in [2.24, 2.45) is 7.05 Å². The van der Waals surface area contributed by atoms with Gasteiger partial charge >= 0.3 is 0 Å². The molecule has 1 aliphatic carbocycles. The highest BCUT2D eigenvalue weighted by molar-refractivity contribution is 6.33. The minimum Gasteiger partial charge on any atom is -0.393 e. The van der Waals surface area contributed by atoms with Crippen molar-refractivity contribution in [3.05, 3.63) is 51.9 Å². The van der Waals surface area contributed by atoms with Crippen molar-refractivity contribution < 1.29 is 5.11 Å². The Balaban J connectivity index is 1.75. The molecule has 0 radical (unpaired) electrons. The van der Waals surface area contributed by atoms with Crippen molar-refractivity contribution in [3.8, 4) is 11.1 Å². The lowest BCUT2D eigenvalue weighted by Gasteiger charge is -2.33. The average Bonchev–Trinajstić information content (AvgIpc) is 2.71. The molecular weight excluding hydrogens is 376 g/mol. The van der Waals surface area contributed by atoms with Crippen LogP contribution in [0.2, 0.25) is 5.02 Å². The maximum absolute atomic E-state index is 13.0. The number of nitrogens with zero attached hydrogens (tertiary/aromatic N) is 4. The Morgan fingerprint density at radius 1 is 1.18 bits per heavy atom. The Labute approximate surface area is 168 Å². The van der Waals surface area contributed by atoms with Crippen molar-refractivity contribution in [1.29, 1.82) is 0 Å². The number of hydrogen-bond acceptors (Lipinski definition) is 5. The number of aliphatic hydroxyl groups is 1. The number of rotatable bonds is 3. The molecule has 4 rings (SSSR count). The van der Waals surface area contributed by atoms with E-state index in [1.54, 1.807) is 29.9 Å². The van der Waals surface area contributed by atoms with E-state index in [2.05, 4.69) is 14.9 Å². The lowest BCUT2D eigenvalue weighted by Crippen LogP contribution is -2.37. The molecule has 1 N–H and O–H groups in total. The lowest BCUT2D eigenvalue weighted by atomic mass is 9.92. The van der Waals surface area contributed by atoms with E-state index in [-0.39, 0.29) is 11.7 Å². The highest BCUT2D eigenvalue weighted by Crippen LogP contribution is 2.28. The largest absolute Gasteiger partial charge is 0.393 e. The standard InChI is InChI=1S/C21H23ClN4O2/c1-25(14-7-9-15(27)10-8-14)21-23-12-13-11-17(16-5-3-4-6-18(16)22)20(28)26(2)19(13)24-21/h3-6,11-12,14-15,27H,7-10H2,1-2H3. The molecule has 3 aromatic rings. The molecule has 2 aromatic heterocycles. The van der Waals surface area contributed by atoms with Gasteiger partial charge < -0.3 is 10.0 Å². The number of fused-ring (bicyclic) bond motifs is 1. The van der Waals surface area contributed by atoms with Crippen LogP contribution in [0, 0.1) is 0 Å². The number of halogens is 1. The SMILES string of the molecule is CN(c1ncc2cc(-c3ccccc3Cl)c(=O)n(C)c2n1)C1CCC(O)CC1. The van der Waals surface area contributed by atoms with E-state index >= 15 is 0 Å². The minimum atomic E-state index is -0.203. The predicted octanol–water partition coefficient (Wildman–Crippen LogP) is 3.39. The van der Waals surface area contributed by atoms with Crippen molar-refractivity contribution in [2.75, 3.05) is 11.9 Å². The number of aryl methyl sites for hydroxylation is 1. The fourth-order valence-electron chi connectivity index (χ4n) is 3.89. The van der Waals surface area contributed by atoms with Crippen LogP contribution in [0.3, 0.4) is 0 Å². The van der Waals surface area contributed by atoms with Gasteiger partial charge in [-0.2, -0.15) is 4.98 Å². The van der Waals surface area contributed by atoms with Gasteiger partial charge in [0.1, 0.15) is 5.65 Å². The van der Waals surface area contributed by atoms with Crippen molar-refractivity contribution in [2.45, 2.75) is 37.8 Å². The molecule has 1 aromatic carbocycles. The van der Waals surface area contributed by atoms with E-state index in [0.29, 0.717) is 33.8 Å². The highest BCUT2D eigenvalue weighted by atomic mass is 35.5. The molecule has 146 valence electrons. The van der Waals surface area contributed by atoms with Crippen LogP contribution < -0.4 is 10.5 Å². The Bertz CT molecular complexity index is 1070. The second-order valence-corrected chi connectivity index (χ2v) is 7.83. The van der Waals surface area contributed by atoms with Crippen LogP contribution in [0.5, 0.6) is 0 Å². The quantitative estimate of drug-likeness (QED) is 0.732. The van der Waals surface area contributed by atoms with Gasteiger partial charge in [-0.25, -0.2) is 4.98 Å². The van der Waals surface area contributed by atoms with Gasteiger partial charge in [-0.3, -0.25) is 9.36 Å². The lowest BCUT2D eigenvalue weighted by molar-refractivity contribution is 0.122. The third-order valence-corrected chi connectivity index (χ3v) is 5.96. The van der Waals surface area contributed by atoms with Crippen LogP contribution in [0.25, 0.3) is 22.2 Å². The van der Waals surface area contributed by atoms with Crippen molar-refractivity contribution in [1.82, 2.24) is 14.5 Å². The molecule has 0 bridgehead atoms. The van der Waals surface area contributed by atoms with Gasteiger partial charge in [0.25, 0.3) is 5.56 Å². The molecule has 0 amide bonds. The van der Waals surface area contributed by atoms with Crippen molar-refractivity contribution >= 4 is 28.6 Å². The maximum atomic E-state index is 13.0. The van der Waals surface area contributed by atoms with Gasteiger partial charge in [-0.1, -0.05) is 29.8 Å². The summed E-state index contributed by atoms with van der Waals surface area (Å²) < 4.78 is 1.55. The van der Waals surface area contributed by atoms with E-state index in [1.807, 2.05) is 25.2 Å². The van der Waals surface area contributed by atoms with E-state index in [4.69, 9.17) is 11.6 Å². The summed E-state index contributed by atoms with van der Waals surface area (Å²) in [7, 11) is 3.69. The van der Waals surface area contributed by atoms with Gasteiger partial charge in [0.05, 0.1) is 6.10 Å². The molecule has 0 spiro atoms. The summed E-state index contributed by atoms with van der Waals surface area (Å²) in [5.41, 5.74) is 1.68. The summed E-state index contributed by atoms with van der Waals surface area (Å²) in [5, 5.41) is 11.1. The molecule has 6 nitrogen and oxygen atoms in total. The topological polar surface area (TPSA) is 71.2 Å². The van der Waals surface area contributed by atoms with Crippen LogP contribution in [0.1, 0.15) is 25.7 Å². The number of aromatic nitrogens is 3. The Morgan fingerprint density at radius 3 is 2.61 bits per heavy atom. The minimum absolute atomic E-state index is 0.145. The molecule has 0 atom stereocenters. The zero-order chi connectivity index (χ0) is 19.8. The summed E-state index contributed by atoms with van der Waals surface area (Å²) in [6, 6.07) is 9.41. The van der Waals surface area contributed by atoms with E-state index in [9.17, 15) is 9.90 Å². The fourth-order valence-corrected chi connectivity index (χ4v) is 4.13. The van der Waals surface area contributed by atoms with Gasteiger partial charge in [-0.05, 0) is 37.8 Å².